The topological polar surface area (TPSA) is 107 Å². The summed E-state index contributed by atoms with van der Waals surface area (Å²) < 4.78 is 111. The van der Waals surface area contributed by atoms with Crippen LogP contribution in [0.4, 0.5) is 40.9 Å². The van der Waals surface area contributed by atoms with Crippen molar-refractivity contribution in [1.29, 1.82) is 0 Å². The minimum Gasteiger partial charge on any atom is -0.388 e. The van der Waals surface area contributed by atoms with Gasteiger partial charge in [0.15, 0.2) is 5.01 Å². The molecule has 0 saturated carbocycles. The molecule has 0 saturated heterocycles. The molecule has 8 nitrogen and oxygen atoms in total. The molecule has 0 unspecified atom stereocenters. The number of nitrogens with zero attached hydrogens (tertiary/aromatic N) is 3. The summed E-state index contributed by atoms with van der Waals surface area (Å²) in [4.78, 5) is 34.1. The van der Waals surface area contributed by atoms with E-state index >= 15 is 0 Å². The summed E-state index contributed by atoms with van der Waals surface area (Å²) in [5, 5.41) is 14.0. The van der Waals surface area contributed by atoms with Crippen LogP contribution < -0.4 is 10.6 Å². The third kappa shape index (κ3) is 9.20. The van der Waals surface area contributed by atoms with Gasteiger partial charge < -0.3 is 20.6 Å². The number of pyridine rings is 1. The van der Waals surface area contributed by atoms with Crippen molar-refractivity contribution in [3.8, 4) is 10.4 Å². The summed E-state index contributed by atoms with van der Waals surface area (Å²) in [6, 6.07) is -2.77. The molecule has 0 spiro atoms. The molecule has 2 atom stereocenters. The molecule has 0 fully saturated rings. The van der Waals surface area contributed by atoms with Crippen LogP contribution in [-0.2, 0) is 6.18 Å². The number of rotatable bonds is 12. The van der Waals surface area contributed by atoms with Gasteiger partial charge in [-0.3, -0.25) is 9.59 Å². The Morgan fingerprint density at radius 1 is 1.07 bits per heavy atom. The Morgan fingerprint density at radius 2 is 1.67 bits per heavy atom. The molecule has 43 heavy (non-hydrogen) atoms. The molecule has 242 valence electrons. The molecule has 0 aromatic carbocycles. The first-order valence-corrected chi connectivity index (χ1v) is 14.0. The number of hydrogen-bond donors (Lipinski definition) is 3. The lowest BCUT2D eigenvalue weighted by Gasteiger charge is -2.26. The Labute approximate surface area is 246 Å². The van der Waals surface area contributed by atoms with E-state index in [0.29, 0.717) is 28.5 Å². The molecule has 17 heteroatoms. The summed E-state index contributed by atoms with van der Waals surface area (Å²) in [7, 11) is 0. The number of alkyl halides is 8. The monoisotopic (exact) mass is 647 g/mol. The van der Waals surface area contributed by atoms with Crippen LogP contribution in [0.1, 0.15) is 80.2 Å². The van der Waals surface area contributed by atoms with E-state index in [0.717, 1.165) is 0 Å². The van der Waals surface area contributed by atoms with E-state index in [4.69, 9.17) is 0 Å². The first kappa shape index (κ1) is 36.1. The molecule has 2 aromatic rings. The predicted octanol–water partition coefficient (Wildman–Crippen LogP) is 6.37. The molecular formula is C26H33F8N5O3S. The third-order valence-electron chi connectivity index (χ3n) is 6.62. The second kappa shape index (κ2) is 13.3. The second-order valence-corrected chi connectivity index (χ2v) is 11.3. The molecular weight excluding hydrogens is 614 g/mol. The maximum atomic E-state index is 14.3. The van der Waals surface area contributed by atoms with Gasteiger partial charge in [-0.15, -0.1) is 11.3 Å². The highest BCUT2D eigenvalue weighted by Crippen LogP contribution is 2.42. The average molecular weight is 648 g/mol. The minimum absolute atomic E-state index is 0.286. The summed E-state index contributed by atoms with van der Waals surface area (Å²) in [5.41, 5.74) is -4.48. The summed E-state index contributed by atoms with van der Waals surface area (Å²) >= 11 is 0.332. The van der Waals surface area contributed by atoms with Gasteiger partial charge in [-0.1, -0.05) is 13.8 Å². The van der Waals surface area contributed by atoms with Crippen molar-refractivity contribution in [3.05, 3.63) is 28.5 Å². The van der Waals surface area contributed by atoms with Gasteiger partial charge in [-0.2, -0.15) is 26.3 Å². The van der Waals surface area contributed by atoms with Gasteiger partial charge >= 0.3 is 12.4 Å². The van der Waals surface area contributed by atoms with Crippen molar-refractivity contribution in [3.63, 3.8) is 0 Å². The number of aliphatic hydroxyl groups is 1. The Morgan fingerprint density at radius 3 is 2.14 bits per heavy atom. The van der Waals surface area contributed by atoms with Crippen LogP contribution in [0, 0.1) is 0 Å². The fourth-order valence-electron chi connectivity index (χ4n) is 3.59. The molecule has 3 N–H and O–H groups in total. The minimum atomic E-state index is -5.18. The molecule has 2 aromatic heterocycles. The van der Waals surface area contributed by atoms with Gasteiger partial charge in [0.1, 0.15) is 17.6 Å². The van der Waals surface area contributed by atoms with E-state index < -0.39 is 99.7 Å². The van der Waals surface area contributed by atoms with E-state index in [9.17, 15) is 49.8 Å². The number of amides is 2. The molecule has 0 aliphatic rings. The average Bonchev–Trinajstić information content (AvgIpc) is 3.33. The van der Waals surface area contributed by atoms with Crippen molar-refractivity contribution in [2.24, 2.45) is 0 Å². The van der Waals surface area contributed by atoms with E-state index in [1.807, 2.05) is 5.32 Å². The largest absolute Gasteiger partial charge is 0.417 e. The third-order valence-corrected chi connectivity index (χ3v) is 7.71. The number of nitrogens with one attached hydrogen (secondary N) is 2. The molecule has 2 amide bonds. The number of hydrogen-bond acceptors (Lipinski definition) is 7. The second-order valence-electron chi connectivity index (χ2n) is 10.3. The number of halogens is 8. The van der Waals surface area contributed by atoms with Gasteiger partial charge in [0.05, 0.1) is 28.6 Å². The molecule has 0 aliphatic heterocycles. The lowest BCUT2D eigenvalue weighted by Crippen LogP contribution is -2.47. The van der Waals surface area contributed by atoms with Crippen LogP contribution in [0.5, 0.6) is 0 Å². The van der Waals surface area contributed by atoms with Crippen molar-refractivity contribution in [2.45, 2.75) is 90.3 Å². The summed E-state index contributed by atoms with van der Waals surface area (Å²) in [5.74, 6) is -6.27. The predicted molar refractivity (Wildman–Crippen MR) is 144 cm³/mol. The van der Waals surface area contributed by atoms with Crippen molar-refractivity contribution >= 4 is 29.0 Å². The maximum Gasteiger partial charge on any atom is 0.417 e. The molecule has 0 aliphatic carbocycles. The number of carbonyl (C=O) groups is 2. The van der Waals surface area contributed by atoms with Gasteiger partial charge in [0, 0.05) is 24.7 Å². The van der Waals surface area contributed by atoms with E-state index in [1.54, 1.807) is 0 Å². The summed E-state index contributed by atoms with van der Waals surface area (Å²) in [6.07, 6.45) is -10.6. The Hall–Kier alpha value is -3.08. The van der Waals surface area contributed by atoms with E-state index in [-0.39, 0.29) is 6.54 Å². The van der Waals surface area contributed by atoms with Crippen LogP contribution in [0.25, 0.3) is 10.4 Å². The highest BCUT2D eigenvalue weighted by molar-refractivity contribution is 7.17. The van der Waals surface area contributed by atoms with Crippen LogP contribution >= 0.6 is 11.3 Å². The molecule has 2 rings (SSSR count). The number of carbonyl (C=O) groups excluding carboxylic acids is 2. The summed E-state index contributed by atoms with van der Waals surface area (Å²) in [6.45, 7) is 6.54. The lowest BCUT2D eigenvalue weighted by atomic mass is 10.0. The van der Waals surface area contributed by atoms with Crippen molar-refractivity contribution in [2.75, 3.05) is 18.4 Å². The number of anilines is 1. The van der Waals surface area contributed by atoms with Crippen LogP contribution in [0.15, 0.2) is 12.3 Å². The van der Waals surface area contributed by atoms with Crippen LogP contribution in [0.2, 0.25) is 0 Å². The maximum absolute atomic E-state index is 14.3. The first-order valence-electron chi connectivity index (χ1n) is 13.2. The van der Waals surface area contributed by atoms with Gasteiger partial charge in [-0.25, -0.2) is 18.7 Å². The smallest absolute Gasteiger partial charge is 0.388 e. The highest BCUT2D eigenvalue weighted by Gasteiger charge is 2.41. The van der Waals surface area contributed by atoms with Gasteiger partial charge in [0.25, 0.3) is 17.7 Å². The fraction of sp³-hybridized carbons (Fsp3) is 0.615. The van der Waals surface area contributed by atoms with Crippen LogP contribution in [-0.4, -0.2) is 74.7 Å². The Bertz CT molecular complexity index is 1290. The van der Waals surface area contributed by atoms with E-state index in [2.05, 4.69) is 15.3 Å². The quantitative estimate of drug-likeness (QED) is 0.231. The number of thiazole rings is 1. The molecule has 2 heterocycles. The van der Waals surface area contributed by atoms with Gasteiger partial charge in [0.2, 0.25) is 0 Å². The highest BCUT2D eigenvalue weighted by atomic mass is 32.1. The standard InChI is InChI=1S/C26H33F8N5O3S/c1-7-16(26(32,33)34)37-17-10-15(25(29,30)31)14(11-35-17)19-18(22(41)39(9-3)12-24(27,28)8-2)38-21(43-19)20(40)36-13(4)23(5,6)42/h10-11,13,16,42H,7-9,12H2,1-6H3,(H,35,37)(H,36,40)/t13-,16+/m1/s1. The molecule has 0 radical (unpaired) electrons. The number of aromatic nitrogens is 2. The normalized spacial score (nSPS) is 14.3. The lowest BCUT2D eigenvalue weighted by molar-refractivity contribution is -0.142. The fourth-order valence-corrected chi connectivity index (χ4v) is 4.58. The zero-order valence-corrected chi connectivity index (χ0v) is 25.0. The van der Waals surface area contributed by atoms with Crippen molar-refractivity contribution in [1.82, 2.24) is 20.2 Å². The Kier molecular flexibility index (Phi) is 11.2. The Balaban J connectivity index is 2.76. The first-order chi connectivity index (χ1) is 19.6. The zero-order chi connectivity index (χ0) is 33.1. The molecule has 0 bridgehead atoms. The van der Waals surface area contributed by atoms with E-state index in [1.165, 1.54) is 41.5 Å². The van der Waals surface area contributed by atoms with Crippen molar-refractivity contribution < 1.29 is 49.8 Å². The van der Waals surface area contributed by atoms with Crippen LogP contribution in [0.3, 0.4) is 0 Å². The SMILES string of the molecule is CC[C@H](Nc1cc(C(F)(F)F)c(-c2sc(C(=O)N[C@H](C)C(C)(C)O)nc2C(=O)N(CC)CC(F)(F)CC)cn1)C(F)(F)F. The van der Waals surface area contributed by atoms with Gasteiger partial charge in [-0.05, 0) is 40.2 Å². The zero-order valence-electron chi connectivity index (χ0n) is 24.2.